The summed E-state index contributed by atoms with van der Waals surface area (Å²) in [4.78, 5) is 14.3. The van der Waals surface area contributed by atoms with Crippen LogP contribution < -0.4 is 15.8 Å². The number of ether oxygens (including phenoxy) is 1. The summed E-state index contributed by atoms with van der Waals surface area (Å²) in [6.45, 7) is 0. The molecule has 3 rings (SSSR count). The van der Waals surface area contributed by atoms with Crippen LogP contribution in [0.5, 0.6) is 5.75 Å². The largest absolute Gasteiger partial charge is 0.495 e. The summed E-state index contributed by atoms with van der Waals surface area (Å²) in [5.74, 6) is 0.534. The van der Waals surface area contributed by atoms with Crippen molar-refractivity contribution in [1.82, 2.24) is 0 Å². The number of fused-ring (bicyclic) bond motifs is 1. The van der Waals surface area contributed by atoms with Crippen molar-refractivity contribution >= 4 is 28.6 Å². The Labute approximate surface area is 121 Å². The molecule has 0 spiro atoms. The smallest absolute Gasteiger partial charge is 0.265 e. The molecule has 5 heteroatoms. The highest BCUT2D eigenvalue weighted by atomic mass is 32.1. The summed E-state index contributed by atoms with van der Waals surface area (Å²) >= 11 is 1.59. The third-order valence-corrected chi connectivity index (χ3v) is 4.69. The number of hydrogen-bond acceptors (Lipinski definition) is 4. The average Bonchev–Trinajstić information content (AvgIpc) is 2.99. The first-order valence-corrected chi connectivity index (χ1v) is 7.35. The standard InChI is InChI=1S/C15H16N2O2S/c1-19-12-6-5-10(8-11(12)16)17-15(18)14-7-9-3-2-4-13(9)20-14/h5-8H,2-4,16H2,1H3,(H,17,18). The SMILES string of the molecule is COc1ccc(NC(=O)c2cc3c(s2)CCC3)cc1N. The fourth-order valence-corrected chi connectivity index (χ4v) is 3.59. The Kier molecular flexibility index (Phi) is 3.36. The van der Waals surface area contributed by atoms with Gasteiger partial charge in [0.15, 0.2) is 0 Å². The van der Waals surface area contributed by atoms with Gasteiger partial charge in [0.25, 0.3) is 5.91 Å². The molecule has 0 bridgehead atoms. The van der Waals surface area contributed by atoms with Crippen molar-refractivity contribution in [1.29, 1.82) is 0 Å². The van der Waals surface area contributed by atoms with E-state index in [2.05, 4.69) is 5.32 Å². The van der Waals surface area contributed by atoms with Gasteiger partial charge >= 0.3 is 0 Å². The van der Waals surface area contributed by atoms with Crippen LogP contribution in [-0.2, 0) is 12.8 Å². The van der Waals surface area contributed by atoms with E-state index in [0.29, 0.717) is 17.1 Å². The molecule has 1 aliphatic carbocycles. The number of rotatable bonds is 3. The lowest BCUT2D eigenvalue weighted by atomic mass is 10.2. The van der Waals surface area contributed by atoms with E-state index in [9.17, 15) is 4.79 Å². The van der Waals surface area contributed by atoms with Crippen LogP contribution in [0.15, 0.2) is 24.3 Å². The van der Waals surface area contributed by atoms with Crippen molar-refractivity contribution in [3.63, 3.8) is 0 Å². The van der Waals surface area contributed by atoms with E-state index in [4.69, 9.17) is 10.5 Å². The zero-order valence-electron chi connectivity index (χ0n) is 11.2. The van der Waals surface area contributed by atoms with E-state index >= 15 is 0 Å². The molecular formula is C15H16N2O2S. The molecule has 0 radical (unpaired) electrons. The van der Waals surface area contributed by atoms with E-state index < -0.39 is 0 Å². The summed E-state index contributed by atoms with van der Waals surface area (Å²) in [7, 11) is 1.57. The molecule has 0 unspecified atom stereocenters. The second-order valence-corrected chi connectivity index (χ2v) is 5.96. The molecule has 1 aliphatic rings. The third-order valence-electron chi connectivity index (χ3n) is 3.46. The predicted molar refractivity (Wildman–Crippen MR) is 81.7 cm³/mol. The monoisotopic (exact) mass is 288 g/mol. The van der Waals surface area contributed by atoms with Crippen LogP contribution in [0.4, 0.5) is 11.4 Å². The summed E-state index contributed by atoms with van der Waals surface area (Å²) in [6, 6.07) is 7.25. The first kappa shape index (κ1) is 13.0. The number of carbonyl (C=O) groups is 1. The van der Waals surface area contributed by atoms with Crippen molar-refractivity contribution < 1.29 is 9.53 Å². The maximum Gasteiger partial charge on any atom is 0.265 e. The molecule has 0 fully saturated rings. The van der Waals surface area contributed by atoms with Crippen molar-refractivity contribution in [3.8, 4) is 5.75 Å². The Balaban J connectivity index is 1.76. The van der Waals surface area contributed by atoms with Crippen LogP contribution in [0.3, 0.4) is 0 Å². The second kappa shape index (κ2) is 5.17. The number of hydrogen-bond donors (Lipinski definition) is 2. The minimum Gasteiger partial charge on any atom is -0.495 e. The fourth-order valence-electron chi connectivity index (χ4n) is 2.45. The Morgan fingerprint density at radius 3 is 2.90 bits per heavy atom. The van der Waals surface area contributed by atoms with Gasteiger partial charge in [-0.25, -0.2) is 0 Å². The minimum absolute atomic E-state index is 0.0750. The molecule has 104 valence electrons. The van der Waals surface area contributed by atoms with Gasteiger partial charge in [0.05, 0.1) is 17.7 Å². The predicted octanol–water partition coefficient (Wildman–Crippen LogP) is 3.08. The maximum atomic E-state index is 12.2. The van der Waals surface area contributed by atoms with Gasteiger partial charge in [-0.2, -0.15) is 0 Å². The van der Waals surface area contributed by atoms with Crippen molar-refractivity contribution in [3.05, 3.63) is 39.6 Å². The highest BCUT2D eigenvalue weighted by Gasteiger charge is 2.18. The summed E-state index contributed by atoms with van der Waals surface area (Å²) in [5, 5.41) is 2.88. The number of methoxy groups -OCH3 is 1. The number of nitrogen functional groups attached to an aromatic ring is 1. The van der Waals surface area contributed by atoms with Gasteiger partial charge in [0, 0.05) is 10.6 Å². The molecule has 20 heavy (non-hydrogen) atoms. The fraction of sp³-hybridized carbons (Fsp3) is 0.267. The van der Waals surface area contributed by atoms with Crippen LogP contribution in [-0.4, -0.2) is 13.0 Å². The number of benzene rings is 1. The molecule has 2 aromatic rings. The molecule has 1 amide bonds. The lowest BCUT2D eigenvalue weighted by Crippen LogP contribution is -2.10. The molecule has 0 atom stereocenters. The number of thiophene rings is 1. The average molecular weight is 288 g/mol. The van der Waals surface area contributed by atoms with Crippen molar-refractivity contribution in [2.45, 2.75) is 19.3 Å². The van der Waals surface area contributed by atoms with Crippen molar-refractivity contribution in [2.75, 3.05) is 18.2 Å². The third kappa shape index (κ3) is 2.36. The van der Waals surface area contributed by atoms with Gasteiger partial charge in [-0.3, -0.25) is 4.79 Å². The zero-order valence-corrected chi connectivity index (χ0v) is 12.0. The topological polar surface area (TPSA) is 64.3 Å². The highest BCUT2D eigenvalue weighted by Crippen LogP contribution is 2.31. The normalized spacial score (nSPS) is 13.1. The number of nitrogens with two attached hydrogens (primary N) is 1. The Morgan fingerprint density at radius 2 is 2.20 bits per heavy atom. The zero-order chi connectivity index (χ0) is 14.1. The first-order chi connectivity index (χ1) is 9.67. The molecule has 0 saturated carbocycles. The van der Waals surface area contributed by atoms with Crippen LogP contribution in [0.2, 0.25) is 0 Å². The van der Waals surface area contributed by atoms with Gasteiger partial charge in [0.1, 0.15) is 5.75 Å². The number of aryl methyl sites for hydroxylation is 2. The maximum absolute atomic E-state index is 12.2. The molecule has 0 aliphatic heterocycles. The number of anilines is 2. The van der Waals surface area contributed by atoms with Gasteiger partial charge in [0.2, 0.25) is 0 Å². The summed E-state index contributed by atoms with van der Waals surface area (Å²) in [5.41, 5.74) is 8.35. The van der Waals surface area contributed by atoms with Crippen LogP contribution >= 0.6 is 11.3 Å². The van der Waals surface area contributed by atoms with Crippen LogP contribution in [0, 0.1) is 0 Å². The van der Waals surface area contributed by atoms with E-state index in [1.165, 1.54) is 16.9 Å². The lowest BCUT2D eigenvalue weighted by Gasteiger charge is -2.08. The highest BCUT2D eigenvalue weighted by molar-refractivity contribution is 7.14. The van der Waals surface area contributed by atoms with Gasteiger partial charge in [-0.15, -0.1) is 11.3 Å². The number of amides is 1. The molecule has 1 aromatic heterocycles. The lowest BCUT2D eigenvalue weighted by molar-refractivity contribution is 0.103. The van der Waals surface area contributed by atoms with E-state index in [-0.39, 0.29) is 5.91 Å². The van der Waals surface area contributed by atoms with Gasteiger partial charge < -0.3 is 15.8 Å². The second-order valence-electron chi connectivity index (χ2n) is 4.82. The number of carbonyl (C=O) groups excluding carboxylic acids is 1. The molecular weight excluding hydrogens is 272 g/mol. The Hall–Kier alpha value is -2.01. The minimum atomic E-state index is -0.0750. The molecule has 1 heterocycles. The first-order valence-electron chi connectivity index (χ1n) is 6.54. The van der Waals surface area contributed by atoms with Gasteiger partial charge in [-0.05, 0) is 49.1 Å². The quantitative estimate of drug-likeness (QED) is 0.853. The van der Waals surface area contributed by atoms with Crippen LogP contribution in [0.25, 0.3) is 0 Å². The molecule has 3 N–H and O–H groups in total. The van der Waals surface area contributed by atoms with E-state index in [1.54, 1.807) is 36.6 Å². The van der Waals surface area contributed by atoms with Crippen molar-refractivity contribution in [2.24, 2.45) is 0 Å². The summed E-state index contributed by atoms with van der Waals surface area (Å²) in [6.07, 6.45) is 3.40. The van der Waals surface area contributed by atoms with E-state index in [0.717, 1.165) is 17.7 Å². The Morgan fingerprint density at radius 1 is 1.35 bits per heavy atom. The molecule has 1 aromatic carbocycles. The number of nitrogens with one attached hydrogen (secondary N) is 1. The van der Waals surface area contributed by atoms with Crippen LogP contribution in [0.1, 0.15) is 26.5 Å². The molecule has 4 nitrogen and oxygen atoms in total. The van der Waals surface area contributed by atoms with Gasteiger partial charge in [-0.1, -0.05) is 0 Å². The van der Waals surface area contributed by atoms with E-state index in [1.807, 2.05) is 6.07 Å². The molecule has 0 saturated heterocycles. The Bertz CT molecular complexity index is 642. The summed E-state index contributed by atoms with van der Waals surface area (Å²) < 4.78 is 5.10.